The van der Waals surface area contributed by atoms with Gasteiger partial charge in [-0.3, -0.25) is 9.69 Å². The Labute approximate surface area is 203 Å². The SMILES string of the molecule is O=C(O)c1ccc(COc2ccc(/C=C3/NC(=O)N(Cc4ccccc4)C3=O)cc2I)cc1. The van der Waals surface area contributed by atoms with Crippen LogP contribution in [0, 0.1) is 3.57 Å². The molecule has 4 rings (SSSR count). The summed E-state index contributed by atoms with van der Waals surface area (Å²) in [6.07, 6.45) is 1.64. The fourth-order valence-corrected chi connectivity index (χ4v) is 3.97. The van der Waals surface area contributed by atoms with Crippen LogP contribution >= 0.6 is 22.6 Å². The number of amides is 3. The number of carbonyl (C=O) groups is 3. The van der Waals surface area contributed by atoms with Crippen molar-refractivity contribution < 1.29 is 24.2 Å². The van der Waals surface area contributed by atoms with Gasteiger partial charge in [0.15, 0.2) is 0 Å². The Morgan fingerprint density at radius 2 is 1.73 bits per heavy atom. The molecule has 33 heavy (non-hydrogen) atoms. The van der Waals surface area contributed by atoms with Crippen LogP contribution in [0.15, 0.2) is 78.5 Å². The van der Waals surface area contributed by atoms with Gasteiger partial charge < -0.3 is 15.2 Å². The number of aromatic carboxylic acids is 1. The van der Waals surface area contributed by atoms with Gasteiger partial charge in [-0.25, -0.2) is 9.59 Å². The largest absolute Gasteiger partial charge is 0.488 e. The van der Waals surface area contributed by atoms with Crippen LogP contribution in [0.3, 0.4) is 0 Å². The normalized spacial score (nSPS) is 14.5. The first kappa shape index (κ1) is 22.5. The van der Waals surface area contributed by atoms with Crippen LogP contribution in [0.5, 0.6) is 5.75 Å². The summed E-state index contributed by atoms with van der Waals surface area (Å²) < 4.78 is 6.68. The number of hydrogen-bond acceptors (Lipinski definition) is 4. The van der Waals surface area contributed by atoms with Gasteiger partial charge in [0.25, 0.3) is 5.91 Å². The molecule has 0 unspecified atom stereocenters. The summed E-state index contributed by atoms with van der Waals surface area (Å²) in [7, 11) is 0. The molecule has 1 aliphatic rings. The number of benzene rings is 3. The average Bonchev–Trinajstić information content (AvgIpc) is 3.07. The van der Waals surface area contributed by atoms with Gasteiger partial charge >= 0.3 is 12.0 Å². The van der Waals surface area contributed by atoms with Gasteiger partial charge in [-0.2, -0.15) is 0 Å². The lowest BCUT2D eigenvalue weighted by molar-refractivity contribution is -0.123. The quantitative estimate of drug-likeness (QED) is 0.252. The molecule has 0 aliphatic carbocycles. The van der Waals surface area contributed by atoms with Crippen LogP contribution in [0.25, 0.3) is 6.08 Å². The van der Waals surface area contributed by atoms with Gasteiger partial charge in [-0.1, -0.05) is 48.5 Å². The second kappa shape index (κ2) is 9.86. The highest BCUT2D eigenvalue weighted by Crippen LogP contribution is 2.25. The van der Waals surface area contributed by atoms with E-state index in [1.165, 1.54) is 17.0 Å². The number of rotatable bonds is 7. The van der Waals surface area contributed by atoms with Crippen LogP contribution in [0.2, 0.25) is 0 Å². The highest BCUT2D eigenvalue weighted by Gasteiger charge is 2.33. The van der Waals surface area contributed by atoms with E-state index in [0.29, 0.717) is 12.4 Å². The molecular formula is C25H19IN2O5. The van der Waals surface area contributed by atoms with Crippen molar-refractivity contribution in [2.45, 2.75) is 13.2 Å². The molecule has 7 nitrogen and oxygen atoms in total. The number of nitrogens with zero attached hydrogens (tertiary/aromatic N) is 1. The summed E-state index contributed by atoms with van der Waals surface area (Å²) in [5.41, 5.74) is 2.92. The summed E-state index contributed by atoms with van der Waals surface area (Å²) in [6.45, 7) is 0.500. The van der Waals surface area contributed by atoms with Crippen LogP contribution in [-0.2, 0) is 17.9 Å². The van der Waals surface area contributed by atoms with Crippen molar-refractivity contribution in [3.05, 3.63) is 104 Å². The van der Waals surface area contributed by atoms with E-state index in [1.807, 2.05) is 36.4 Å². The van der Waals surface area contributed by atoms with Gasteiger partial charge in [-0.15, -0.1) is 0 Å². The Balaban J connectivity index is 1.42. The highest BCUT2D eigenvalue weighted by atomic mass is 127. The van der Waals surface area contributed by atoms with Crippen molar-refractivity contribution in [3.8, 4) is 5.75 Å². The Morgan fingerprint density at radius 1 is 1.00 bits per heavy atom. The number of hydrogen-bond donors (Lipinski definition) is 2. The maximum absolute atomic E-state index is 12.7. The lowest BCUT2D eigenvalue weighted by Gasteiger charge is -2.11. The van der Waals surface area contributed by atoms with Gasteiger partial charge in [0, 0.05) is 0 Å². The van der Waals surface area contributed by atoms with Crippen molar-refractivity contribution in [2.24, 2.45) is 0 Å². The number of carboxylic acids is 1. The van der Waals surface area contributed by atoms with Gasteiger partial charge in [0.1, 0.15) is 18.1 Å². The van der Waals surface area contributed by atoms with E-state index >= 15 is 0 Å². The Kier molecular flexibility index (Phi) is 6.74. The summed E-state index contributed by atoms with van der Waals surface area (Å²) in [5, 5.41) is 11.6. The zero-order valence-electron chi connectivity index (χ0n) is 17.3. The number of halogens is 1. The molecule has 1 heterocycles. The Bertz CT molecular complexity index is 1240. The van der Waals surface area contributed by atoms with Gasteiger partial charge in [0.05, 0.1) is 15.7 Å². The summed E-state index contributed by atoms with van der Waals surface area (Å²) in [6, 6.07) is 20.8. The standard InChI is InChI=1S/C25H19IN2O5/c26-20-12-18(8-11-22(20)33-15-17-6-9-19(10-7-17)24(30)31)13-21-23(29)28(25(32)27-21)14-16-4-2-1-3-5-16/h1-13H,14-15H2,(H,27,32)(H,30,31)/b21-13+. The number of carboxylic acid groups (broad SMARTS) is 1. The van der Waals surface area contributed by atoms with E-state index in [9.17, 15) is 14.4 Å². The molecule has 0 spiro atoms. The minimum Gasteiger partial charge on any atom is -0.488 e. The van der Waals surface area contributed by atoms with E-state index < -0.39 is 12.0 Å². The number of carbonyl (C=O) groups excluding carboxylic acids is 2. The molecule has 3 aromatic carbocycles. The smallest absolute Gasteiger partial charge is 0.335 e. The monoisotopic (exact) mass is 554 g/mol. The van der Waals surface area contributed by atoms with Crippen LogP contribution < -0.4 is 10.1 Å². The fraction of sp³-hybridized carbons (Fsp3) is 0.0800. The van der Waals surface area contributed by atoms with Gasteiger partial charge in [0.2, 0.25) is 0 Å². The predicted octanol–water partition coefficient (Wildman–Crippen LogP) is 4.66. The van der Waals surface area contributed by atoms with Crippen molar-refractivity contribution in [2.75, 3.05) is 0 Å². The van der Waals surface area contributed by atoms with E-state index in [4.69, 9.17) is 9.84 Å². The van der Waals surface area contributed by atoms with E-state index in [1.54, 1.807) is 30.3 Å². The zero-order valence-corrected chi connectivity index (χ0v) is 19.5. The second-order valence-corrected chi connectivity index (χ2v) is 8.51. The van der Waals surface area contributed by atoms with Gasteiger partial charge in [-0.05, 0) is 69.6 Å². The molecule has 1 saturated heterocycles. The number of ether oxygens (including phenoxy) is 1. The molecule has 0 radical (unpaired) electrons. The fourth-order valence-electron chi connectivity index (χ4n) is 3.28. The van der Waals surface area contributed by atoms with E-state index in [-0.39, 0.29) is 23.7 Å². The van der Waals surface area contributed by atoms with Crippen LogP contribution in [0.1, 0.15) is 27.0 Å². The van der Waals surface area contributed by atoms with E-state index in [2.05, 4.69) is 27.9 Å². The van der Waals surface area contributed by atoms with Crippen molar-refractivity contribution in [1.82, 2.24) is 10.2 Å². The zero-order chi connectivity index (χ0) is 23.4. The summed E-state index contributed by atoms with van der Waals surface area (Å²) in [5.74, 6) is -0.682. The molecular weight excluding hydrogens is 535 g/mol. The Morgan fingerprint density at radius 3 is 2.39 bits per heavy atom. The second-order valence-electron chi connectivity index (χ2n) is 7.35. The first-order chi connectivity index (χ1) is 15.9. The predicted molar refractivity (Wildman–Crippen MR) is 130 cm³/mol. The lowest BCUT2D eigenvalue weighted by atomic mass is 10.1. The van der Waals surface area contributed by atoms with Crippen LogP contribution in [0.4, 0.5) is 4.79 Å². The molecule has 0 saturated carbocycles. The molecule has 0 bridgehead atoms. The Hall–Kier alpha value is -3.66. The van der Waals surface area contributed by atoms with Crippen LogP contribution in [-0.4, -0.2) is 27.9 Å². The molecule has 0 atom stereocenters. The molecule has 3 amide bonds. The molecule has 0 aromatic heterocycles. The number of nitrogens with one attached hydrogen (secondary N) is 1. The molecule has 3 aromatic rings. The van der Waals surface area contributed by atoms with Crippen molar-refractivity contribution in [3.63, 3.8) is 0 Å². The van der Waals surface area contributed by atoms with Crippen molar-refractivity contribution >= 4 is 46.6 Å². The maximum atomic E-state index is 12.7. The maximum Gasteiger partial charge on any atom is 0.335 e. The average molecular weight is 554 g/mol. The highest BCUT2D eigenvalue weighted by molar-refractivity contribution is 14.1. The van der Waals surface area contributed by atoms with Crippen molar-refractivity contribution in [1.29, 1.82) is 0 Å². The molecule has 1 aliphatic heterocycles. The summed E-state index contributed by atoms with van der Waals surface area (Å²) >= 11 is 2.14. The third kappa shape index (κ3) is 5.40. The molecule has 8 heteroatoms. The molecule has 166 valence electrons. The lowest BCUT2D eigenvalue weighted by Crippen LogP contribution is -2.30. The third-order valence-corrected chi connectivity index (χ3v) is 5.85. The molecule has 1 fully saturated rings. The summed E-state index contributed by atoms with van der Waals surface area (Å²) in [4.78, 5) is 37.1. The number of imide groups is 1. The first-order valence-electron chi connectivity index (χ1n) is 10.0. The third-order valence-electron chi connectivity index (χ3n) is 5.01. The molecule has 2 N–H and O–H groups in total. The minimum absolute atomic E-state index is 0.209. The topological polar surface area (TPSA) is 95.9 Å². The minimum atomic E-state index is -0.971. The first-order valence-corrected chi connectivity index (χ1v) is 11.1. The van der Waals surface area contributed by atoms with E-state index in [0.717, 1.165) is 20.3 Å². The number of urea groups is 1.